The zero-order chi connectivity index (χ0) is 13.8. The summed E-state index contributed by atoms with van der Waals surface area (Å²) in [6.07, 6.45) is 0.123. The van der Waals surface area contributed by atoms with Crippen LogP contribution in [0.4, 0.5) is 0 Å². The van der Waals surface area contributed by atoms with Gasteiger partial charge in [-0.2, -0.15) is 0 Å². The minimum atomic E-state index is -0.261. The second-order valence-corrected chi connectivity index (χ2v) is 4.85. The smallest absolute Gasteiger partial charge is 0.193 e. The fourth-order valence-electron chi connectivity index (χ4n) is 1.87. The lowest BCUT2D eigenvalue weighted by Crippen LogP contribution is -2.28. The molecule has 1 aromatic heterocycles. The molecule has 1 unspecified atom stereocenters. The molecule has 4 nitrogen and oxygen atoms in total. The van der Waals surface area contributed by atoms with E-state index in [4.69, 9.17) is 26.6 Å². The van der Waals surface area contributed by atoms with E-state index in [1.54, 1.807) is 12.1 Å². The van der Waals surface area contributed by atoms with Crippen molar-refractivity contribution < 1.29 is 9.15 Å². The van der Waals surface area contributed by atoms with Gasteiger partial charge in [0.25, 0.3) is 0 Å². The van der Waals surface area contributed by atoms with E-state index in [9.17, 15) is 0 Å². The van der Waals surface area contributed by atoms with Gasteiger partial charge in [-0.25, -0.2) is 5.43 Å². The van der Waals surface area contributed by atoms with E-state index in [0.717, 1.165) is 11.3 Å². The maximum atomic E-state index is 5.79. The lowest BCUT2D eigenvalue weighted by molar-refractivity contribution is 0.242. The molecule has 2 aromatic rings. The van der Waals surface area contributed by atoms with Crippen molar-refractivity contribution in [3.8, 4) is 5.75 Å². The summed E-state index contributed by atoms with van der Waals surface area (Å²) in [5.74, 6) is 7.06. The number of furan rings is 1. The van der Waals surface area contributed by atoms with Crippen molar-refractivity contribution in [3.63, 3.8) is 0 Å². The summed E-state index contributed by atoms with van der Waals surface area (Å²) in [4.78, 5) is 0. The molecule has 0 radical (unpaired) electrons. The molecule has 1 atom stereocenters. The predicted octanol–water partition coefficient (Wildman–Crippen LogP) is 3.27. The highest BCUT2D eigenvalue weighted by molar-refractivity contribution is 6.28. The van der Waals surface area contributed by atoms with Crippen molar-refractivity contribution in [2.24, 2.45) is 5.84 Å². The summed E-state index contributed by atoms with van der Waals surface area (Å²) in [5, 5.41) is 0.338. The summed E-state index contributed by atoms with van der Waals surface area (Å²) in [7, 11) is 0. The van der Waals surface area contributed by atoms with E-state index in [1.165, 1.54) is 0 Å². The van der Waals surface area contributed by atoms with Gasteiger partial charge in [-0.1, -0.05) is 12.1 Å². The number of nitrogens with two attached hydrogens (primary N) is 1. The molecule has 0 aliphatic heterocycles. The van der Waals surface area contributed by atoms with Gasteiger partial charge in [-0.3, -0.25) is 5.84 Å². The van der Waals surface area contributed by atoms with Crippen LogP contribution in [-0.2, 0) is 0 Å². The lowest BCUT2D eigenvalue weighted by atomic mass is 10.1. The molecule has 0 saturated heterocycles. The van der Waals surface area contributed by atoms with Crippen molar-refractivity contribution in [1.82, 2.24) is 5.43 Å². The third kappa shape index (κ3) is 3.50. The maximum Gasteiger partial charge on any atom is 0.193 e. The Labute approximate surface area is 117 Å². The van der Waals surface area contributed by atoms with E-state index in [-0.39, 0.29) is 12.1 Å². The highest BCUT2D eigenvalue weighted by Gasteiger charge is 2.17. The molecule has 2 rings (SSSR count). The summed E-state index contributed by atoms with van der Waals surface area (Å²) >= 11 is 5.79. The molecule has 0 spiro atoms. The molecule has 0 aliphatic rings. The number of benzene rings is 1. The summed E-state index contributed by atoms with van der Waals surface area (Å²) in [6.45, 7) is 3.97. The molecule has 5 heteroatoms. The van der Waals surface area contributed by atoms with E-state index in [2.05, 4.69) is 5.43 Å². The first-order chi connectivity index (χ1) is 9.10. The first kappa shape index (κ1) is 13.9. The largest absolute Gasteiger partial charge is 0.491 e. The Hall–Kier alpha value is -1.49. The first-order valence-electron chi connectivity index (χ1n) is 6.08. The number of halogens is 1. The van der Waals surface area contributed by atoms with Gasteiger partial charge in [0.1, 0.15) is 17.6 Å². The van der Waals surface area contributed by atoms with Crippen LogP contribution in [-0.4, -0.2) is 6.10 Å². The Balaban J connectivity index is 2.28. The minimum Gasteiger partial charge on any atom is -0.491 e. The molecule has 1 heterocycles. The van der Waals surface area contributed by atoms with Gasteiger partial charge in [0.15, 0.2) is 5.22 Å². The fourth-order valence-corrected chi connectivity index (χ4v) is 2.02. The number of nitrogens with one attached hydrogen (secondary N) is 1. The van der Waals surface area contributed by atoms with Gasteiger partial charge < -0.3 is 9.15 Å². The molecule has 1 aromatic carbocycles. The Morgan fingerprint density at radius 3 is 2.63 bits per heavy atom. The van der Waals surface area contributed by atoms with Crippen molar-refractivity contribution >= 4 is 11.6 Å². The standard InChI is InChI=1S/C14H17ClN2O2/c1-9(2)18-11-5-3-4-10(8-11)14(17-16)12-6-7-13(15)19-12/h3-9,14,17H,16H2,1-2H3. The molecule has 102 valence electrons. The third-order valence-electron chi connectivity index (χ3n) is 2.61. The lowest BCUT2D eigenvalue weighted by Gasteiger charge is -2.16. The number of rotatable bonds is 5. The van der Waals surface area contributed by atoms with Gasteiger partial charge >= 0.3 is 0 Å². The topological polar surface area (TPSA) is 60.4 Å². The molecular formula is C14H17ClN2O2. The molecule has 0 aliphatic carbocycles. The van der Waals surface area contributed by atoms with Gasteiger partial charge in [-0.15, -0.1) is 0 Å². The van der Waals surface area contributed by atoms with Gasteiger partial charge in [0.05, 0.1) is 6.10 Å². The van der Waals surface area contributed by atoms with E-state index < -0.39 is 0 Å². The van der Waals surface area contributed by atoms with E-state index in [1.807, 2.05) is 38.1 Å². The van der Waals surface area contributed by atoms with Gasteiger partial charge in [-0.05, 0) is 55.3 Å². The van der Waals surface area contributed by atoms with Crippen LogP contribution in [0.15, 0.2) is 40.8 Å². The second-order valence-electron chi connectivity index (χ2n) is 4.48. The number of ether oxygens (including phenoxy) is 1. The summed E-state index contributed by atoms with van der Waals surface area (Å²) < 4.78 is 11.1. The average Bonchev–Trinajstić information content (AvgIpc) is 2.76. The monoisotopic (exact) mass is 280 g/mol. The van der Waals surface area contributed by atoms with Crippen LogP contribution in [0.5, 0.6) is 5.75 Å². The Bertz CT molecular complexity index is 540. The minimum absolute atomic E-state index is 0.123. The van der Waals surface area contributed by atoms with Gasteiger partial charge in [0.2, 0.25) is 0 Å². The second kappa shape index (κ2) is 6.10. The van der Waals surface area contributed by atoms with Crippen molar-refractivity contribution in [1.29, 1.82) is 0 Å². The third-order valence-corrected chi connectivity index (χ3v) is 2.81. The predicted molar refractivity (Wildman–Crippen MR) is 75.1 cm³/mol. The average molecular weight is 281 g/mol. The van der Waals surface area contributed by atoms with Crippen LogP contribution in [0, 0.1) is 0 Å². The Kier molecular flexibility index (Phi) is 4.47. The van der Waals surface area contributed by atoms with Crippen LogP contribution < -0.4 is 16.0 Å². The van der Waals surface area contributed by atoms with Crippen molar-refractivity contribution in [2.75, 3.05) is 0 Å². The molecule has 0 bridgehead atoms. The van der Waals surface area contributed by atoms with Crippen LogP contribution in [0.25, 0.3) is 0 Å². The molecule has 0 saturated carbocycles. The highest BCUT2D eigenvalue weighted by Crippen LogP contribution is 2.27. The van der Waals surface area contributed by atoms with Crippen molar-refractivity contribution in [3.05, 3.63) is 52.9 Å². The maximum absolute atomic E-state index is 5.79. The molecule has 19 heavy (non-hydrogen) atoms. The van der Waals surface area contributed by atoms with Crippen LogP contribution in [0.2, 0.25) is 5.22 Å². The Morgan fingerprint density at radius 2 is 2.05 bits per heavy atom. The quantitative estimate of drug-likeness (QED) is 0.652. The van der Waals surface area contributed by atoms with Crippen LogP contribution in [0.1, 0.15) is 31.2 Å². The van der Waals surface area contributed by atoms with Crippen LogP contribution in [0.3, 0.4) is 0 Å². The first-order valence-corrected chi connectivity index (χ1v) is 6.46. The zero-order valence-corrected chi connectivity index (χ0v) is 11.6. The molecule has 0 amide bonds. The SMILES string of the molecule is CC(C)Oc1cccc(C(NN)c2ccc(Cl)o2)c1. The number of hydrogen-bond acceptors (Lipinski definition) is 4. The van der Waals surface area contributed by atoms with Gasteiger partial charge in [0, 0.05) is 0 Å². The van der Waals surface area contributed by atoms with Crippen LogP contribution >= 0.6 is 11.6 Å². The molecule has 3 N–H and O–H groups in total. The summed E-state index contributed by atoms with van der Waals surface area (Å²) in [5.41, 5.74) is 3.67. The summed E-state index contributed by atoms with van der Waals surface area (Å²) in [6, 6.07) is 10.9. The van der Waals surface area contributed by atoms with E-state index in [0.29, 0.717) is 11.0 Å². The Morgan fingerprint density at radius 1 is 1.26 bits per heavy atom. The highest BCUT2D eigenvalue weighted by atomic mass is 35.5. The normalized spacial score (nSPS) is 12.7. The van der Waals surface area contributed by atoms with Crippen molar-refractivity contribution in [2.45, 2.75) is 26.0 Å². The zero-order valence-electron chi connectivity index (χ0n) is 10.9. The number of hydrazine groups is 1. The number of hydrogen-bond donors (Lipinski definition) is 2. The van der Waals surface area contributed by atoms with E-state index >= 15 is 0 Å². The fraction of sp³-hybridized carbons (Fsp3) is 0.286. The molecular weight excluding hydrogens is 264 g/mol. The molecule has 0 fully saturated rings.